The molecule has 1 fully saturated rings. The summed E-state index contributed by atoms with van der Waals surface area (Å²) < 4.78 is 7.41. The van der Waals surface area contributed by atoms with E-state index in [2.05, 4.69) is 29.2 Å². The Morgan fingerprint density at radius 2 is 1.85 bits per heavy atom. The average Bonchev–Trinajstić information content (AvgIpc) is 3.53. The maximum absolute atomic E-state index is 13.4. The molecule has 8 nitrogen and oxygen atoms in total. The van der Waals surface area contributed by atoms with Crippen molar-refractivity contribution in [1.29, 1.82) is 0 Å². The summed E-state index contributed by atoms with van der Waals surface area (Å²) >= 11 is 1.34. The van der Waals surface area contributed by atoms with Gasteiger partial charge in [0.05, 0.1) is 31.5 Å². The van der Waals surface area contributed by atoms with Crippen molar-refractivity contribution in [2.45, 2.75) is 32.4 Å². The van der Waals surface area contributed by atoms with E-state index in [1.807, 2.05) is 20.5 Å². The quantitative estimate of drug-likeness (QED) is 0.559. The van der Waals surface area contributed by atoms with Crippen LogP contribution in [0.5, 0.6) is 0 Å². The van der Waals surface area contributed by atoms with Crippen LogP contribution in [0.2, 0.25) is 0 Å². The Morgan fingerprint density at radius 3 is 2.61 bits per heavy atom. The predicted octanol–water partition coefficient (Wildman–Crippen LogP) is 2.64. The Hall–Kier alpha value is -3.04. The average molecular weight is 466 g/mol. The Kier molecular flexibility index (Phi) is 6.50. The van der Waals surface area contributed by atoms with Crippen molar-refractivity contribution in [3.05, 3.63) is 69.4 Å². The first-order chi connectivity index (χ1) is 16.2. The third-order valence-electron chi connectivity index (χ3n) is 6.24. The van der Waals surface area contributed by atoms with Crippen LogP contribution in [0.25, 0.3) is 0 Å². The molecule has 0 unspecified atom stereocenters. The van der Waals surface area contributed by atoms with Gasteiger partial charge in [-0.3, -0.25) is 19.3 Å². The van der Waals surface area contributed by atoms with Gasteiger partial charge in [-0.2, -0.15) is 5.10 Å². The largest absolute Gasteiger partial charge is 0.378 e. The molecule has 2 amide bonds. The second-order valence-electron chi connectivity index (χ2n) is 8.33. The molecule has 3 aromatic rings. The zero-order chi connectivity index (χ0) is 22.6. The van der Waals surface area contributed by atoms with Crippen molar-refractivity contribution in [3.63, 3.8) is 0 Å². The van der Waals surface area contributed by atoms with Gasteiger partial charge in [0.25, 0.3) is 11.8 Å². The smallest absolute Gasteiger partial charge is 0.274 e. The fourth-order valence-electron chi connectivity index (χ4n) is 4.49. The van der Waals surface area contributed by atoms with Crippen molar-refractivity contribution < 1.29 is 14.3 Å². The monoisotopic (exact) mass is 465 g/mol. The van der Waals surface area contributed by atoms with Crippen molar-refractivity contribution in [3.8, 4) is 0 Å². The number of carbonyl (C=O) groups excluding carboxylic acids is 2. The normalized spacial score (nSPS) is 16.0. The van der Waals surface area contributed by atoms with Crippen LogP contribution >= 0.6 is 11.3 Å². The first-order valence-corrected chi connectivity index (χ1v) is 12.3. The maximum atomic E-state index is 13.4. The first kappa shape index (κ1) is 21.8. The van der Waals surface area contributed by atoms with E-state index >= 15 is 0 Å². The van der Waals surface area contributed by atoms with Crippen molar-refractivity contribution >= 4 is 23.2 Å². The van der Waals surface area contributed by atoms with Crippen LogP contribution in [0.4, 0.5) is 0 Å². The van der Waals surface area contributed by atoms with Gasteiger partial charge in [0.2, 0.25) is 0 Å². The van der Waals surface area contributed by atoms with Gasteiger partial charge in [-0.25, -0.2) is 0 Å². The zero-order valence-corrected chi connectivity index (χ0v) is 19.3. The number of hydrogen-bond donors (Lipinski definition) is 0. The molecule has 4 heterocycles. The lowest BCUT2D eigenvalue weighted by molar-refractivity contribution is 0.0296. The lowest BCUT2D eigenvalue weighted by atomic mass is 10.0. The predicted molar refractivity (Wildman–Crippen MR) is 124 cm³/mol. The molecule has 0 bridgehead atoms. The summed E-state index contributed by atoms with van der Waals surface area (Å²) in [6.07, 6.45) is 4.19. The van der Waals surface area contributed by atoms with Crippen LogP contribution in [0.3, 0.4) is 0 Å². The standard InChI is InChI=1S/C24H27N5O3S/c30-23(21-15-25-17-33-21)28-10-8-20-19(16-28)22(24(31)27-11-13-32-14-12-27)26-29(20)9-4-7-18-5-2-1-3-6-18/h1-3,5-6,15,17H,4,7-14,16H2. The van der Waals surface area contributed by atoms with E-state index in [9.17, 15) is 9.59 Å². The van der Waals surface area contributed by atoms with Crippen LogP contribution in [0.15, 0.2) is 42.0 Å². The SMILES string of the molecule is O=C(c1cncs1)N1CCc2c(c(C(=O)N3CCOCC3)nn2CCCc2ccccc2)C1. The van der Waals surface area contributed by atoms with Gasteiger partial charge in [-0.1, -0.05) is 30.3 Å². The van der Waals surface area contributed by atoms with Crippen LogP contribution in [0.1, 0.15) is 43.4 Å². The Balaban J connectivity index is 1.38. The highest BCUT2D eigenvalue weighted by molar-refractivity contribution is 7.11. The summed E-state index contributed by atoms with van der Waals surface area (Å²) in [6.45, 7) is 3.98. The number of carbonyl (C=O) groups is 2. The molecule has 2 aromatic heterocycles. The number of thiazole rings is 1. The van der Waals surface area contributed by atoms with E-state index in [0.717, 1.165) is 30.6 Å². The summed E-state index contributed by atoms with van der Waals surface area (Å²) in [5.74, 6) is -0.104. The topological polar surface area (TPSA) is 80.6 Å². The second-order valence-corrected chi connectivity index (χ2v) is 9.22. The number of fused-ring (bicyclic) bond motifs is 1. The Labute approximate surface area is 196 Å². The van der Waals surface area contributed by atoms with Crippen LogP contribution in [0, 0.1) is 0 Å². The summed E-state index contributed by atoms with van der Waals surface area (Å²) in [7, 11) is 0. The van der Waals surface area contributed by atoms with Crippen molar-refractivity contribution in [2.24, 2.45) is 0 Å². The Bertz CT molecular complexity index is 1110. The van der Waals surface area contributed by atoms with Gasteiger partial charge in [0.1, 0.15) is 4.88 Å². The highest BCUT2D eigenvalue weighted by atomic mass is 32.1. The van der Waals surface area contributed by atoms with E-state index in [1.165, 1.54) is 16.9 Å². The fourth-order valence-corrected chi connectivity index (χ4v) is 5.08. The number of morpholine rings is 1. The highest BCUT2D eigenvalue weighted by Crippen LogP contribution is 2.26. The molecule has 0 N–H and O–H groups in total. The zero-order valence-electron chi connectivity index (χ0n) is 18.5. The fraction of sp³-hybridized carbons (Fsp3) is 0.417. The van der Waals surface area contributed by atoms with E-state index < -0.39 is 0 Å². The molecule has 33 heavy (non-hydrogen) atoms. The number of amides is 2. The lowest BCUT2D eigenvalue weighted by Crippen LogP contribution is -2.42. The molecule has 2 aliphatic heterocycles. The molecule has 2 aliphatic rings. The molecule has 1 aromatic carbocycles. The Morgan fingerprint density at radius 1 is 1.03 bits per heavy atom. The van der Waals surface area contributed by atoms with E-state index in [0.29, 0.717) is 56.4 Å². The number of ether oxygens (including phenoxy) is 1. The molecule has 172 valence electrons. The molecular weight excluding hydrogens is 438 g/mol. The highest BCUT2D eigenvalue weighted by Gasteiger charge is 2.32. The van der Waals surface area contributed by atoms with Gasteiger partial charge in [0, 0.05) is 43.9 Å². The van der Waals surface area contributed by atoms with Gasteiger partial charge in [-0.15, -0.1) is 11.3 Å². The third kappa shape index (κ3) is 4.69. The molecular formula is C24H27N5O3S. The minimum absolute atomic E-state index is 0.0373. The molecule has 0 aliphatic carbocycles. The van der Waals surface area contributed by atoms with E-state index in [4.69, 9.17) is 9.84 Å². The van der Waals surface area contributed by atoms with Crippen LogP contribution < -0.4 is 0 Å². The molecule has 1 saturated heterocycles. The number of aromatic nitrogens is 3. The van der Waals surface area contributed by atoms with Gasteiger partial charge in [0.15, 0.2) is 5.69 Å². The minimum Gasteiger partial charge on any atom is -0.378 e. The lowest BCUT2D eigenvalue weighted by Gasteiger charge is -2.29. The van der Waals surface area contributed by atoms with E-state index in [1.54, 1.807) is 11.7 Å². The van der Waals surface area contributed by atoms with E-state index in [-0.39, 0.29) is 11.8 Å². The minimum atomic E-state index is -0.0663. The molecule has 0 radical (unpaired) electrons. The second kappa shape index (κ2) is 9.84. The van der Waals surface area contributed by atoms with Crippen molar-refractivity contribution in [1.82, 2.24) is 24.6 Å². The number of rotatable bonds is 6. The van der Waals surface area contributed by atoms with Gasteiger partial charge >= 0.3 is 0 Å². The summed E-state index contributed by atoms with van der Waals surface area (Å²) in [5, 5.41) is 4.79. The summed E-state index contributed by atoms with van der Waals surface area (Å²) in [4.78, 5) is 34.6. The third-order valence-corrected chi connectivity index (χ3v) is 7.00. The number of benzene rings is 1. The van der Waals surface area contributed by atoms with Crippen LogP contribution in [-0.4, -0.2) is 69.2 Å². The van der Waals surface area contributed by atoms with Gasteiger partial charge in [-0.05, 0) is 18.4 Å². The van der Waals surface area contributed by atoms with Crippen LogP contribution in [-0.2, 0) is 30.7 Å². The molecule has 9 heteroatoms. The number of aryl methyl sites for hydroxylation is 2. The molecule has 0 spiro atoms. The molecule has 0 atom stereocenters. The molecule has 0 saturated carbocycles. The molecule has 5 rings (SSSR count). The summed E-state index contributed by atoms with van der Waals surface area (Å²) in [6, 6.07) is 10.4. The number of nitrogens with zero attached hydrogens (tertiary/aromatic N) is 5. The first-order valence-electron chi connectivity index (χ1n) is 11.4. The maximum Gasteiger partial charge on any atom is 0.274 e. The number of hydrogen-bond acceptors (Lipinski definition) is 6. The van der Waals surface area contributed by atoms with Crippen molar-refractivity contribution in [2.75, 3.05) is 32.8 Å². The van der Waals surface area contributed by atoms with Gasteiger partial charge < -0.3 is 14.5 Å². The summed E-state index contributed by atoms with van der Waals surface area (Å²) in [5.41, 5.74) is 5.40.